The van der Waals surface area contributed by atoms with Crippen molar-refractivity contribution >= 4 is 40.9 Å². The standard InChI is InChI=1S/C26H21ClF3N5O2S/c1-16-6-4-7-17(12-16)24(37)31-14-22-33-34-25(35(22)19-9-5-8-18(27)13-19)38-15-23(36)32-21-11-3-2-10-20(21)26(28,29)30/h2-13H,14-15H2,1H3,(H,31,37)(H,32,36). The van der Waals surface area contributed by atoms with Crippen LogP contribution in [0, 0.1) is 6.92 Å². The first-order valence-corrected chi connectivity index (χ1v) is 12.6. The average molecular weight is 560 g/mol. The molecule has 12 heteroatoms. The molecule has 4 rings (SSSR count). The summed E-state index contributed by atoms with van der Waals surface area (Å²) in [6.07, 6.45) is -4.61. The summed E-state index contributed by atoms with van der Waals surface area (Å²) in [6.45, 7) is 1.91. The lowest BCUT2D eigenvalue weighted by molar-refractivity contribution is -0.137. The Hall–Kier alpha value is -3.83. The van der Waals surface area contributed by atoms with Gasteiger partial charge in [-0.15, -0.1) is 10.2 Å². The molecule has 1 aromatic heterocycles. The molecule has 0 aliphatic heterocycles. The van der Waals surface area contributed by atoms with Gasteiger partial charge in [0.05, 0.1) is 29.2 Å². The molecule has 1 heterocycles. The number of nitrogens with zero attached hydrogens (tertiary/aromatic N) is 3. The lowest BCUT2D eigenvalue weighted by Gasteiger charge is -2.14. The van der Waals surface area contributed by atoms with Crippen LogP contribution in [0.4, 0.5) is 18.9 Å². The summed E-state index contributed by atoms with van der Waals surface area (Å²) in [4.78, 5) is 25.2. The molecular formula is C26H21ClF3N5O2S. The predicted octanol–water partition coefficient (Wildman–Crippen LogP) is 5.91. The minimum atomic E-state index is -4.61. The van der Waals surface area contributed by atoms with Crippen LogP contribution in [-0.4, -0.2) is 32.3 Å². The number of alkyl halides is 3. The Kier molecular flexibility index (Phi) is 8.38. The number of hydrogen-bond donors (Lipinski definition) is 2. The average Bonchev–Trinajstić information content (AvgIpc) is 3.28. The van der Waals surface area contributed by atoms with Crippen molar-refractivity contribution in [1.29, 1.82) is 0 Å². The summed E-state index contributed by atoms with van der Waals surface area (Å²) in [5, 5.41) is 14.2. The second-order valence-electron chi connectivity index (χ2n) is 8.15. The van der Waals surface area contributed by atoms with Gasteiger partial charge in [-0.1, -0.05) is 59.3 Å². The van der Waals surface area contributed by atoms with Gasteiger partial charge in [-0.25, -0.2) is 0 Å². The van der Waals surface area contributed by atoms with E-state index in [1.165, 1.54) is 18.2 Å². The third-order valence-corrected chi connectivity index (χ3v) is 6.46. The van der Waals surface area contributed by atoms with Crippen LogP contribution in [0.25, 0.3) is 5.69 Å². The number of amides is 2. The molecule has 0 atom stereocenters. The number of thioether (sulfide) groups is 1. The molecule has 0 aliphatic rings. The fourth-order valence-electron chi connectivity index (χ4n) is 3.59. The van der Waals surface area contributed by atoms with Gasteiger partial charge in [0.2, 0.25) is 5.91 Å². The van der Waals surface area contributed by atoms with Crippen molar-refractivity contribution in [3.05, 3.63) is 100 Å². The highest BCUT2D eigenvalue weighted by molar-refractivity contribution is 7.99. The van der Waals surface area contributed by atoms with Gasteiger partial charge in [-0.05, 0) is 49.4 Å². The highest BCUT2D eigenvalue weighted by atomic mass is 35.5. The molecule has 3 aromatic carbocycles. The number of rotatable bonds is 8. The van der Waals surface area contributed by atoms with Crippen LogP contribution in [-0.2, 0) is 17.5 Å². The van der Waals surface area contributed by atoms with Crippen LogP contribution in [0.2, 0.25) is 5.02 Å². The molecule has 0 unspecified atom stereocenters. The van der Waals surface area contributed by atoms with Gasteiger partial charge in [0.1, 0.15) is 0 Å². The molecule has 7 nitrogen and oxygen atoms in total. The summed E-state index contributed by atoms with van der Waals surface area (Å²) in [5.74, 6) is -0.813. The summed E-state index contributed by atoms with van der Waals surface area (Å²) >= 11 is 7.15. The number of hydrogen-bond acceptors (Lipinski definition) is 5. The molecule has 196 valence electrons. The molecule has 0 bridgehead atoms. The maximum atomic E-state index is 13.3. The topological polar surface area (TPSA) is 88.9 Å². The van der Waals surface area contributed by atoms with E-state index in [0.29, 0.717) is 27.3 Å². The number of aryl methyl sites for hydroxylation is 1. The van der Waals surface area contributed by atoms with Crippen molar-refractivity contribution < 1.29 is 22.8 Å². The van der Waals surface area contributed by atoms with Gasteiger partial charge in [-0.3, -0.25) is 14.2 Å². The fourth-order valence-corrected chi connectivity index (χ4v) is 4.54. The summed E-state index contributed by atoms with van der Waals surface area (Å²) in [5.41, 5.74) is 0.750. The monoisotopic (exact) mass is 559 g/mol. The van der Waals surface area contributed by atoms with Crippen molar-refractivity contribution in [3.63, 3.8) is 0 Å². The smallest absolute Gasteiger partial charge is 0.345 e. The highest BCUT2D eigenvalue weighted by Gasteiger charge is 2.33. The summed E-state index contributed by atoms with van der Waals surface area (Å²) in [6, 6.07) is 18.7. The van der Waals surface area contributed by atoms with E-state index in [2.05, 4.69) is 20.8 Å². The molecule has 0 saturated carbocycles. The summed E-state index contributed by atoms with van der Waals surface area (Å²) < 4.78 is 41.4. The lowest BCUT2D eigenvalue weighted by atomic mass is 10.1. The van der Waals surface area contributed by atoms with E-state index in [0.717, 1.165) is 23.4 Å². The molecule has 0 spiro atoms. The minimum Gasteiger partial charge on any atom is -0.345 e. The number of aromatic nitrogens is 3. The number of nitrogens with one attached hydrogen (secondary N) is 2. The van der Waals surface area contributed by atoms with Gasteiger partial charge in [0.25, 0.3) is 5.91 Å². The Labute approximate surface area is 225 Å². The quantitative estimate of drug-likeness (QED) is 0.262. The van der Waals surface area contributed by atoms with Crippen LogP contribution in [0.5, 0.6) is 0 Å². The van der Waals surface area contributed by atoms with Gasteiger partial charge in [0, 0.05) is 10.6 Å². The van der Waals surface area contributed by atoms with Gasteiger partial charge >= 0.3 is 6.18 Å². The Morgan fingerprint density at radius 2 is 1.76 bits per heavy atom. The van der Waals surface area contributed by atoms with Crippen molar-refractivity contribution in [2.75, 3.05) is 11.1 Å². The van der Waals surface area contributed by atoms with Crippen molar-refractivity contribution in [2.24, 2.45) is 0 Å². The first-order chi connectivity index (χ1) is 18.1. The number of carbonyl (C=O) groups is 2. The molecule has 0 saturated heterocycles. The van der Waals surface area contributed by atoms with E-state index < -0.39 is 17.6 Å². The molecule has 2 amide bonds. The van der Waals surface area contributed by atoms with Gasteiger partial charge in [-0.2, -0.15) is 13.2 Å². The fraction of sp³-hybridized carbons (Fsp3) is 0.154. The molecule has 0 radical (unpaired) electrons. The predicted molar refractivity (Wildman–Crippen MR) is 140 cm³/mol. The van der Waals surface area contributed by atoms with Crippen LogP contribution < -0.4 is 10.6 Å². The van der Waals surface area contributed by atoms with Crippen LogP contribution in [0.15, 0.2) is 78.0 Å². The SMILES string of the molecule is Cc1cccc(C(=O)NCc2nnc(SCC(=O)Nc3ccccc3C(F)(F)F)n2-c2cccc(Cl)c2)c1. The first kappa shape index (κ1) is 27.2. The number of para-hydroxylation sites is 1. The molecular weight excluding hydrogens is 539 g/mol. The molecule has 0 aliphatic carbocycles. The zero-order chi connectivity index (χ0) is 27.3. The Morgan fingerprint density at radius 3 is 2.50 bits per heavy atom. The Bertz CT molecular complexity index is 1480. The number of halogens is 4. The zero-order valence-electron chi connectivity index (χ0n) is 19.9. The normalized spacial score (nSPS) is 11.3. The Balaban J connectivity index is 1.52. The molecule has 0 fully saturated rings. The molecule has 38 heavy (non-hydrogen) atoms. The second kappa shape index (κ2) is 11.7. The zero-order valence-corrected chi connectivity index (χ0v) is 21.5. The van der Waals surface area contributed by atoms with Crippen molar-refractivity contribution in [1.82, 2.24) is 20.1 Å². The van der Waals surface area contributed by atoms with E-state index in [4.69, 9.17) is 11.6 Å². The third kappa shape index (κ3) is 6.73. The van der Waals surface area contributed by atoms with Crippen LogP contribution in [0.3, 0.4) is 0 Å². The van der Waals surface area contributed by atoms with Gasteiger partial charge in [0.15, 0.2) is 11.0 Å². The van der Waals surface area contributed by atoms with E-state index in [1.54, 1.807) is 47.0 Å². The van der Waals surface area contributed by atoms with Crippen molar-refractivity contribution in [3.8, 4) is 5.69 Å². The molecule has 2 N–H and O–H groups in total. The maximum absolute atomic E-state index is 13.3. The largest absolute Gasteiger partial charge is 0.418 e. The van der Waals surface area contributed by atoms with Crippen LogP contribution >= 0.6 is 23.4 Å². The van der Waals surface area contributed by atoms with E-state index in [-0.39, 0.29) is 23.9 Å². The highest BCUT2D eigenvalue weighted by Crippen LogP contribution is 2.34. The Morgan fingerprint density at radius 1 is 1.00 bits per heavy atom. The van der Waals surface area contributed by atoms with Gasteiger partial charge < -0.3 is 10.6 Å². The summed E-state index contributed by atoms with van der Waals surface area (Å²) in [7, 11) is 0. The lowest BCUT2D eigenvalue weighted by Crippen LogP contribution is -2.24. The third-order valence-electron chi connectivity index (χ3n) is 5.29. The second-order valence-corrected chi connectivity index (χ2v) is 9.53. The van der Waals surface area contributed by atoms with Crippen molar-refractivity contribution in [2.45, 2.75) is 24.8 Å². The first-order valence-electron chi connectivity index (χ1n) is 11.3. The van der Waals surface area contributed by atoms with E-state index >= 15 is 0 Å². The van der Waals surface area contributed by atoms with E-state index in [1.807, 2.05) is 13.0 Å². The minimum absolute atomic E-state index is 0.0258. The number of anilines is 1. The van der Waals surface area contributed by atoms with Crippen LogP contribution in [0.1, 0.15) is 27.3 Å². The molecule has 4 aromatic rings. The maximum Gasteiger partial charge on any atom is 0.418 e. The number of benzene rings is 3. The van der Waals surface area contributed by atoms with E-state index in [9.17, 15) is 22.8 Å². The number of carbonyl (C=O) groups excluding carboxylic acids is 2.